The molecule has 1 N–H and O–H groups in total. The molecular formula is C24H23F5N4O3S. The van der Waals surface area contributed by atoms with E-state index >= 15 is 0 Å². The molecule has 4 rings (SSSR count). The molecule has 37 heavy (non-hydrogen) atoms. The van der Waals surface area contributed by atoms with Gasteiger partial charge in [0.05, 0.1) is 22.5 Å². The lowest BCUT2D eigenvalue weighted by Gasteiger charge is -2.26. The Morgan fingerprint density at radius 2 is 1.86 bits per heavy atom. The van der Waals surface area contributed by atoms with Crippen molar-refractivity contribution in [3.05, 3.63) is 42.1 Å². The van der Waals surface area contributed by atoms with E-state index in [2.05, 4.69) is 15.8 Å². The highest BCUT2D eigenvalue weighted by atomic mass is 32.2. The monoisotopic (exact) mass is 542 g/mol. The number of ether oxygens (including phenoxy) is 1. The molecule has 13 heteroatoms. The zero-order valence-electron chi connectivity index (χ0n) is 19.6. The van der Waals surface area contributed by atoms with Crippen LogP contribution < -0.4 is 9.46 Å². The van der Waals surface area contributed by atoms with Crippen LogP contribution in [-0.2, 0) is 10.0 Å². The molecule has 0 bridgehead atoms. The fraction of sp³-hybridized carbons (Fsp3) is 0.417. The van der Waals surface area contributed by atoms with Crippen LogP contribution in [0.2, 0.25) is 0 Å². The van der Waals surface area contributed by atoms with Gasteiger partial charge in [-0.3, -0.25) is 4.98 Å². The van der Waals surface area contributed by atoms with E-state index in [4.69, 9.17) is 0 Å². The van der Waals surface area contributed by atoms with Crippen LogP contribution in [0.15, 0.2) is 41.4 Å². The minimum Gasteiger partial charge on any atom is -0.435 e. The van der Waals surface area contributed by atoms with Crippen molar-refractivity contribution in [2.24, 2.45) is 0 Å². The van der Waals surface area contributed by atoms with E-state index < -0.39 is 33.7 Å². The summed E-state index contributed by atoms with van der Waals surface area (Å²) in [6.45, 7) is -2.34. The standard InChI is InChI=1S/C24H23F5N4O3S/c1-14(24(27,28)29)32-37(34,35)17-8-10-20(31-13-17)22-19(12-30)18-9-7-16(36-23(25)26)11-21(18)33(22)15-5-3-2-4-6-15/h7-11,13-15,23,32H,2-6H2,1H3/t14-/m1/s1. The van der Waals surface area contributed by atoms with Crippen molar-refractivity contribution in [2.45, 2.75) is 68.8 Å². The number of alkyl halides is 5. The SMILES string of the molecule is C[C@@H](NS(=O)(=O)c1ccc(-c2c(C#N)c3ccc(OC(F)F)cc3n2C2CCCCC2)nc1)C(F)(F)F. The zero-order valence-corrected chi connectivity index (χ0v) is 20.4. The number of nitrogens with one attached hydrogen (secondary N) is 1. The topological polar surface area (TPSA) is 97.0 Å². The summed E-state index contributed by atoms with van der Waals surface area (Å²) in [6.07, 6.45) is 0.579. The average molecular weight is 543 g/mol. The first-order valence-corrected chi connectivity index (χ1v) is 13.0. The Kier molecular flexibility index (Phi) is 7.43. The maximum atomic E-state index is 12.9. The van der Waals surface area contributed by atoms with E-state index in [9.17, 15) is 35.6 Å². The van der Waals surface area contributed by atoms with Crippen LogP contribution in [0.5, 0.6) is 5.75 Å². The third kappa shape index (κ3) is 5.55. The number of hydrogen-bond donors (Lipinski definition) is 1. The van der Waals surface area contributed by atoms with Crippen LogP contribution in [0.3, 0.4) is 0 Å². The number of pyridine rings is 1. The zero-order chi connectivity index (χ0) is 27.0. The van der Waals surface area contributed by atoms with Gasteiger partial charge >= 0.3 is 12.8 Å². The number of hydrogen-bond acceptors (Lipinski definition) is 5. The molecule has 1 aliphatic carbocycles. The molecule has 198 valence electrons. The van der Waals surface area contributed by atoms with Crippen molar-refractivity contribution in [2.75, 3.05) is 0 Å². The molecule has 1 saturated carbocycles. The number of nitrogens with zero attached hydrogens (tertiary/aromatic N) is 3. The Bertz CT molecular complexity index is 1420. The Labute approximate surface area is 209 Å². The summed E-state index contributed by atoms with van der Waals surface area (Å²) in [4.78, 5) is 3.72. The number of fused-ring (bicyclic) bond motifs is 1. The number of halogens is 5. The first-order valence-electron chi connectivity index (χ1n) is 11.5. The van der Waals surface area contributed by atoms with Gasteiger partial charge in [0.15, 0.2) is 0 Å². The molecule has 0 spiro atoms. The largest absolute Gasteiger partial charge is 0.435 e. The third-order valence-corrected chi connectivity index (χ3v) is 7.89. The fourth-order valence-corrected chi connectivity index (χ4v) is 5.77. The van der Waals surface area contributed by atoms with Crippen molar-refractivity contribution in [3.63, 3.8) is 0 Å². The second-order valence-corrected chi connectivity index (χ2v) is 10.5. The Balaban J connectivity index is 1.83. The van der Waals surface area contributed by atoms with E-state index in [0.717, 1.165) is 44.4 Å². The van der Waals surface area contributed by atoms with Crippen molar-refractivity contribution < 1.29 is 35.1 Å². The molecular weight excluding hydrogens is 519 g/mol. The molecule has 0 amide bonds. The smallest absolute Gasteiger partial charge is 0.404 e. The molecule has 2 heterocycles. The molecule has 0 saturated heterocycles. The fourth-order valence-electron chi connectivity index (χ4n) is 4.60. The number of rotatable bonds is 7. The van der Waals surface area contributed by atoms with E-state index in [1.54, 1.807) is 4.72 Å². The summed E-state index contributed by atoms with van der Waals surface area (Å²) in [6, 6.07) is 6.47. The third-order valence-electron chi connectivity index (χ3n) is 6.36. The van der Waals surface area contributed by atoms with Gasteiger partial charge in [0.2, 0.25) is 10.0 Å². The average Bonchev–Trinajstić information content (AvgIpc) is 3.17. The van der Waals surface area contributed by atoms with Crippen molar-refractivity contribution in [1.29, 1.82) is 5.26 Å². The van der Waals surface area contributed by atoms with Gasteiger partial charge < -0.3 is 9.30 Å². The van der Waals surface area contributed by atoms with Crippen LogP contribution in [0.25, 0.3) is 22.3 Å². The molecule has 1 atom stereocenters. The van der Waals surface area contributed by atoms with Gasteiger partial charge in [-0.2, -0.15) is 31.9 Å². The summed E-state index contributed by atoms with van der Waals surface area (Å²) in [7, 11) is -4.52. The van der Waals surface area contributed by atoms with Gasteiger partial charge in [-0.05, 0) is 44.0 Å². The van der Waals surface area contributed by atoms with Crippen molar-refractivity contribution >= 4 is 20.9 Å². The maximum Gasteiger partial charge on any atom is 0.404 e. The van der Waals surface area contributed by atoms with Gasteiger partial charge in [-0.15, -0.1) is 0 Å². The molecule has 3 aromatic rings. The number of benzene rings is 1. The van der Waals surface area contributed by atoms with E-state index in [-0.39, 0.29) is 23.0 Å². The van der Waals surface area contributed by atoms with Gasteiger partial charge in [-0.1, -0.05) is 19.3 Å². The molecule has 2 aromatic heterocycles. The minimum absolute atomic E-state index is 0.0744. The highest BCUT2D eigenvalue weighted by Gasteiger charge is 2.39. The van der Waals surface area contributed by atoms with E-state index in [1.165, 1.54) is 24.3 Å². The highest BCUT2D eigenvalue weighted by molar-refractivity contribution is 7.89. The van der Waals surface area contributed by atoms with Crippen LogP contribution >= 0.6 is 0 Å². The van der Waals surface area contributed by atoms with Crippen LogP contribution in [0, 0.1) is 11.3 Å². The lowest BCUT2D eigenvalue weighted by molar-refractivity contribution is -0.147. The van der Waals surface area contributed by atoms with Crippen LogP contribution in [0.1, 0.15) is 50.6 Å². The summed E-state index contributed by atoms with van der Waals surface area (Å²) in [5, 5.41) is 10.5. The molecule has 1 fully saturated rings. The first-order chi connectivity index (χ1) is 17.4. The lowest BCUT2D eigenvalue weighted by atomic mass is 9.95. The molecule has 0 unspecified atom stereocenters. The normalized spacial score (nSPS) is 16.2. The Morgan fingerprint density at radius 1 is 1.16 bits per heavy atom. The summed E-state index contributed by atoms with van der Waals surface area (Å²) < 4.78 is 97.2. The predicted molar refractivity (Wildman–Crippen MR) is 124 cm³/mol. The van der Waals surface area contributed by atoms with Crippen LogP contribution in [0.4, 0.5) is 22.0 Å². The molecule has 7 nitrogen and oxygen atoms in total. The molecule has 0 radical (unpaired) electrons. The van der Waals surface area contributed by atoms with Gasteiger partial charge in [-0.25, -0.2) is 8.42 Å². The Morgan fingerprint density at radius 3 is 2.43 bits per heavy atom. The molecule has 1 aromatic carbocycles. The minimum atomic E-state index is -4.77. The summed E-state index contributed by atoms with van der Waals surface area (Å²) in [5.74, 6) is -0.0765. The summed E-state index contributed by atoms with van der Waals surface area (Å²) >= 11 is 0. The van der Waals surface area contributed by atoms with Gasteiger partial charge in [0.1, 0.15) is 22.8 Å². The number of nitriles is 1. The van der Waals surface area contributed by atoms with Crippen molar-refractivity contribution in [3.8, 4) is 23.2 Å². The second-order valence-electron chi connectivity index (χ2n) is 8.82. The predicted octanol–water partition coefficient (Wildman–Crippen LogP) is 5.91. The quantitative estimate of drug-likeness (QED) is 0.375. The number of sulfonamides is 1. The molecule has 1 aliphatic rings. The van der Waals surface area contributed by atoms with Gasteiger partial charge in [0.25, 0.3) is 0 Å². The van der Waals surface area contributed by atoms with Gasteiger partial charge in [0, 0.05) is 23.7 Å². The maximum absolute atomic E-state index is 12.9. The molecule has 0 aliphatic heterocycles. The van der Waals surface area contributed by atoms with Crippen molar-refractivity contribution in [1.82, 2.24) is 14.3 Å². The summed E-state index contributed by atoms with van der Waals surface area (Å²) in [5.41, 5.74) is 1.31. The Hall–Kier alpha value is -3.24. The van der Waals surface area contributed by atoms with E-state index in [1.807, 2.05) is 4.57 Å². The highest BCUT2D eigenvalue weighted by Crippen LogP contribution is 2.41. The van der Waals surface area contributed by atoms with Crippen LogP contribution in [-0.4, -0.2) is 36.8 Å². The lowest BCUT2D eigenvalue weighted by Crippen LogP contribution is -2.42. The van der Waals surface area contributed by atoms with E-state index in [0.29, 0.717) is 23.5 Å². The second kappa shape index (κ2) is 10.3. The first kappa shape index (κ1) is 26.8. The number of aromatic nitrogens is 2.